The molecule has 1 unspecified atom stereocenters. The van der Waals surface area contributed by atoms with Gasteiger partial charge in [-0.2, -0.15) is 0 Å². The molecule has 0 heterocycles. The molecule has 3 rings (SSSR count). The molecule has 3 N–H and O–H groups in total. The van der Waals surface area contributed by atoms with Gasteiger partial charge in [0.2, 0.25) is 5.91 Å². The van der Waals surface area contributed by atoms with E-state index in [2.05, 4.69) is 22.8 Å². The monoisotopic (exact) mass is 452 g/mol. The number of aliphatic carboxylic acids is 1. The summed E-state index contributed by atoms with van der Waals surface area (Å²) in [6.07, 6.45) is 0.931. The molecule has 8 nitrogen and oxygen atoms in total. The number of amides is 2. The van der Waals surface area contributed by atoms with Crippen molar-refractivity contribution < 1.29 is 29.0 Å². The highest BCUT2D eigenvalue weighted by molar-refractivity contribution is 5.87. The van der Waals surface area contributed by atoms with E-state index in [1.54, 1.807) is 0 Å². The van der Waals surface area contributed by atoms with E-state index in [0.717, 1.165) is 22.3 Å². The second kappa shape index (κ2) is 11.3. The quantitative estimate of drug-likeness (QED) is 0.478. The van der Waals surface area contributed by atoms with Crippen molar-refractivity contribution in [2.75, 3.05) is 26.9 Å². The average molecular weight is 453 g/mol. The summed E-state index contributed by atoms with van der Waals surface area (Å²) in [6.45, 7) is 1.86. The first-order valence-electron chi connectivity index (χ1n) is 10.7. The summed E-state index contributed by atoms with van der Waals surface area (Å²) in [4.78, 5) is 35.9. The number of carbonyl (C=O) groups is 3. The minimum atomic E-state index is -1.06. The highest BCUT2D eigenvalue weighted by Crippen LogP contribution is 2.44. The van der Waals surface area contributed by atoms with Crippen LogP contribution in [0.2, 0.25) is 0 Å². The zero-order valence-corrected chi connectivity index (χ0v) is 18.7. The lowest BCUT2D eigenvalue weighted by Crippen LogP contribution is -2.47. The third kappa shape index (κ3) is 5.98. The van der Waals surface area contributed by atoms with Gasteiger partial charge in [-0.1, -0.05) is 54.6 Å². The third-order valence-electron chi connectivity index (χ3n) is 5.58. The van der Waals surface area contributed by atoms with Crippen LogP contribution in [0.1, 0.15) is 30.4 Å². The summed E-state index contributed by atoms with van der Waals surface area (Å²) in [7, 11) is 1.50. The lowest BCUT2D eigenvalue weighted by molar-refractivity contribution is -0.132. The van der Waals surface area contributed by atoms with Crippen molar-refractivity contribution in [2.24, 2.45) is 0 Å². The van der Waals surface area contributed by atoms with E-state index < -0.39 is 24.0 Å². The SMILES string of the molecule is COCCC(NC(=O)OCC1c2ccccc2-c2ccccc21)C(=O)NC/C=C(\C)C(=O)O. The van der Waals surface area contributed by atoms with Crippen LogP contribution >= 0.6 is 0 Å². The van der Waals surface area contributed by atoms with E-state index in [-0.39, 0.29) is 37.7 Å². The lowest BCUT2D eigenvalue weighted by Gasteiger charge is -2.19. The average Bonchev–Trinajstić information content (AvgIpc) is 3.13. The van der Waals surface area contributed by atoms with E-state index in [9.17, 15) is 14.4 Å². The van der Waals surface area contributed by atoms with Crippen molar-refractivity contribution in [1.29, 1.82) is 0 Å². The number of rotatable bonds is 10. The largest absolute Gasteiger partial charge is 0.478 e. The van der Waals surface area contributed by atoms with Gasteiger partial charge >= 0.3 is 12.1 Å². The van der Waals surface area contributed by atoms with Crippen LogP contribution in [0.5, 0.6) is 0 Å². The lowest BCUT2D eigenvalue weighted by atomic mass is 9.98. The zero-order chi connectivity index (χ0) is 23.8. The summed E-state index contributed by atoms with van der Waals surface area (Å²) in [6, 6.07) is 15.2. The van der Waals surface area contributed by atoms with E-state index in [1.165, 1.54) is 20.1 Å². The van der Waals surface area contributed by atoms with Crippen molar-refractivity contribution in [3.8, 4) is 11.1 Å². The van der Waals surface area contributed by atoms with Crippen LogP contribution in [0.3, 0.4) is 0 Å². The Kier molecular flexibility index (Phi) is 8.21. The first-order chi connectivity index (χ1) is 15.9. The fourth-order valence-corrected chi connectivity index (χ4v) is 3.80. The number of carboxylic acids is 1. The number of hydrogen-bond donors (Lipinski definition) is 3. The molecule has 0 aromatic heterocycles. The van der Waals surface area contributed by atoms with Crippen molar-refractivity contribution in [2.45, 2.75) is 25.3 Å². The fourth-order valence-electron chi connectivity index (χ4n) is 3.80. The van der Waals surface area contributed by atoms with Gasteiger partial charge in [0.05, 0.1) is 0 Å². The zero-order valence-electron chi connectivity index (χ0n) is 18.7. The minimum absolute atomic E-state index is 0.0345. The Morgan fingerprint density at radius 2 is 1.67 bits per heavy atom. The van der Waals surface area contributed by atoms with E-state index >= 15 is 0 Å². The number of benzene rings is 2. The molecule has 0 saturated carbocycles. The van der Waals surface area contributed by atoms with E-state index in [1.807, 2.05) is 36.4 Å². The molecule has 0 fully saturated rings. The van der Waals surface area contributed by atoms with Crippen LogP contribution < -0.4 is 10.6 Å². The van der Waals surface area contributed by atoms with Crippen LogP contribution in [0.4, 0.5) is 4.79 Å². The highest BCUT2D eigenvalue weighted by Gasteiger charge is 2.29. The molecule has 0 bridgehead atoms. The molecule has 2 amide bonds. The molecule has 1 atom stereocenters. The van der Waals surface area contributed by atoms with Crippen LogP contribution in [0.15, 0.2) is 60.2 Å². The Hall–Kier alpha value is -3.65. The van der Waals surface area contributed by atoms with Crippen molar-refractivity contribution in [3.05, 3.63) is 71.3 Å². The molecule has 1 aliphatic rings. The van der Waals surface area contributed by atoms with Crippen molar-refractivity contribution in [3.63, 3.8) is 0 Å². The number of carbonyl (C=O) groups excluding carboxylic acids is 2. The summed E-state index contributed by atoms with van der Waals surface area (Å²) < 4.78 is 10.5. The number of fused-ring (bicyclic) bond motifs is 3. The molecular formula is C25H28N2O6. The van der Waals surface area contributed by atoms with Gasteiger partial charge in [-0.15, -0.1) is 0 Å². The minimum Gasteiger partial charge on any atom is -0.478 e. The number of ether oxygens (including phenoxy) is 2. The van der Waals surface area contributed by atoms with Gasteiger partial charge in [-0.05, 0) is 29.2 Å². The number of carboxylic acid groups (broad SMARTS) is 1. The van der Waals surface area contributed by atoms with Gasteiger partial charge in [0.1, 0.15) is 12.6 Å². The Morgan fingerprint density at radius 1 is 1.06 bits per heavy atom. The van der Waals surface area contributed by atoms with Crippen LogP contribution in [0, 0.1) is 0 Å². The number of hydrogen-bond acceptors (Lipinski definition) is 5. The van der Waals surface area contributed by atoms with E-state index in [4.69, 9.17) is 14.6 Å². The van der Waals surface area contributed by atoms with Gasteiger partial charge < -0.3 is 25.2 Å². The van der Waals surface area contributed by atoms with Crippen molar-refractivity contribution in [1.82, 2.24) is 10.6 Å². The molecule has 174 valence electrons. The number of alkyl carbamates (subject to hydrolysis) is 1. The van der Waals surface area contributed by atoms with Gasteiger partial charge in [0.25, 0.3) is 0 Å². The van der Waals surface area contributed by atoms with Gasteiger partial charge in [0.15, 0.2) is 0 Å². The van der Waals surface area contributed by atoms with Crippen LogP contribution in [-0.4, -0.2) is 56.0 Å². The number of nitrogens with one attached hydrogen (secondary N) is 2. The van der Waals surface area contributed by atoms with Gasteiger partial charge in [-0.25, -0.2) is 9.59 Å². The standard InChI is InChI=1S/C25H28N2O6/c1-16(24(29)30)11-13-26-23(28)22(12-14-32-2)27-25(31)33-15-21-19-9-5-3-7-17(19)18-8-4-6-10-20(18)21/h3-11,21-22H,12-15H2,1-2H3,(H,26,28)(H,27,31)(H,29,30)/b16-11+. The molecule has 0 saturated heterocycles. The molecule has 2 aromatic rings. The first kappa shape index (κ1) is 24.0. The predicted molar refractivity (Wildman–Crippen MR) is 123 cm³/mol. The maximum Gasteiger partial charge on any atom is 0.407 e. The third-order valence-corrected chi connectivity index (χ3v) is 5.58. The topological polar surface area (TPSA) is 114 Å². The highest BCUT2D eigenvalue weighted by atomic mass is 16.5. The summed E-state index contributed by atoms with van der Waals surface area (Å²) in [5, 5.41) is 14.1. The maximum absolute atomic E-state index is 12.5. The van der Waals surface area contributed by atoms with Gasteiger partial charge in [0, 0.05) is 38.2 Å². The maximum atomic E-state index is 12.5. The second-order valence-electron chi connectivity index (χ2n) is 7.74. The molecule has 0 spiro atoms. The normalized spacial score (nSPS) is 13.6. The Bertz CT molecular complexity index is 1000. The number of methoxy groups -OCH3 is 1. The van der Waals surface area contributed by atoms with Gasteiger partial charge in [-0.3, -0.25) is 4.79 Å². The first-order valence-corrected chi connectivity index (χ1v) is 10.7. The molecular weight excluding hydrogens is 424 g/mol. The Balaban J connectivity index is 1.61. The molecule has 8 heteroatoms. The second-order valence-corrected chi connectivity index (χ2v) is 7.74. The fraction of sp³-hybridized carbons (Fsp3) is 0.320. The Labute approximate surface area is 192 Å². The Morgan fingerprint density at radius 3 is 2.24 bits per heavy atom. The molecule has 2 aromatic carbocycles. The molecule has 0 aliphatic heterocycles. The molecule has 1 aliphatic carbocycles. The summed E-state index contributed by atoms with van der Waals surface area (Å²) in [5.74, 6) is -1.59. The molecule has 0 radical (unpaired) electrons. The van der Waals surface area contributed by atoms with Crippen molar-refractivity contribution >= 4 is 18.0 Å². The molecule has 33 heavy (non-hydrogen) atoms. The van der Waals surface area contributed by atoms with E-state index in [0.29, 0.717) is 0 Å². The summed E-state index contributed by atoms with van der Waals surface area (Å²) in [5.41, 5.74) is 4.57. The smallest absolute Gasteiger partial charge is 0.407 e. The predicted octanol–water partition coefficient (Wildman–Crippen LogP) is 3.08. The summed E-state index contributed by atoms with van der Waals surface area (Å²) >= 11 is 0. The van der Waals surface area contributed by atoms with Crippen LogP contribution in [0.25, 0.3) is 11.1 Å². The van der Waals surface area contributed by atoms with Crippen LogP contribution in [-0.2, 0) is 19.1 Å².